The first kappa shape index (κ1) is 8.51. The minimum atomic E-state index is 1.10. The van der Waals surface area contributed by atoms with Gasteiger partial charge in [-0.2, -0.15) is 0 Å². The summed E-state index contributed by atoms with van der Waals surface area (Å²) in [5.41, 5.74) is 1.33. The highest BCUT2D eigenvalue weighted by molar-refractivity contribution is 5.42. The van der Waals surface area contributed by atoms with E-state index in [4.69, 9.17) is 0 Å². The van der Waals surface area contributed by atoms with Crippen LogP contribution in [0, 0.1) is 0 Å². The molecule has 0 unspecified atom stereocenters. The van der Waals surface area contributed by atoms with Crippen LogP contribution >= 0.6 is 0 Å². The lowest BCUT2D eigenvalue weighted by molar-refractivity contribution is -0.670. The van der Waals surface area contributed by atoms with Crippen LogP contribution in [0.3, 0.4) is 0 Å². The summed E-state index contributed by atoms with van der Waals surface area (Å²) in [7, 11) is 2.06. The van der Waals surface area contributed by atoms with Crippen molar-refractivity contribution in [1.82, 2.24) is 5.32 Å². The summed E-state index contributed by atoms with van der Waals surface area (Å²) in [5, 5.41) is 3.35. The summed E-state index contributed by atoms with van der Waals surface area (Å²) in [4.78, 5) is 2.41. The van der Waals surface area contributed by atoms with E-state index in [9.17, 15) is 0 Å². The number of hydrogen-bond donors (Lipinski definition) is 1. The summed E-state index contributed by atoms with van der Waals surface area (Å²) >= 11 is 0. The van der Waals surface area contributed by atoms with Gasteiger partial charge in [0.25, 0.3) is 0 Å². The molecule has 70 valence electrons. The number of anilines is 1. The zero-order valence-electron chi connectivity index (χ0n) is 8.03. The Bertz CT molecular complexity index is 279. The number of pyridine rings is 1. The minimum absolute atomic E-state index is 1.10. The van der Waals surface area contributed by atoms with Crippen LogP contribution in [-0.2, 0) is 7.05 Å². The maximum atomic E-state index is 3.35. The molecule has 3 nitrogen and oxygen atoms in total. The summed E-state index contributed by atoms with van der Waals surface area (Å²) in [6, 6.07) is 4.27. The van der Waals surface area contributed by atoms with Gasteiger partial charge in [0.15, 0.2) is 12.4 Å². The molecule has 1 aromatic rings. The van der Waals surface area contributed by atoms with Gasteiger partial charge in [-0.3, -0.25) is 0 Å². The Kier molecular flexibility index (Phi) is 2.45. The van der Waals surface area contributed by atoms with E-state index >= 15 is 0 Å². The molecular weight excluding hydrogens is 162 g/mol. The molecule has 0 radical (unpaired) electrons. The third-order valence-electron chi connectivity index (χ3n) is 2.41. The van der Waals surface area contributed by atoms with Crippen LogP contribution < -0.4 is 14.8 Å². The molecular formula is C10H16N3+. The van der Waals surface area contributed by atoms with Crippen LogP contribution in [0.5, 0.6) is 0 Å². The Labute approximate surface area is 79.0 Å². The quantitative estimate of drug-likeness (QED) is 0.607. The molecule has 0 bridgehead atoms. The summed E-state index contributed by atoms with van der Waals surface area (Å²) in [6.45, 7) is 4.42. The van der Waals surface area contributed by atoms with Crippen LogP contribution in [0.1, 0.15) is 0 Å². The Morgan fingerprint density at radius 2 is 2.15 bits per heavy atom. The fourth-order valence-corrected chi connectivity index (χ4v) is 1.68. The summed E-state index contributed by atoms with van der Waals surface area (Å²) in [5.74, 6) is 0. The standard InChI is InChI=1S/C10H16N3/c1-12-6-2-3-10(9-12)13-7-4-11-5-8-13/h2-3,6,9,11H,4-5,7-8H2,1H3/q+1. The van der Waals surface area contributed by atoms with Crippen LogP contribution in [0.25, 0.3) is 0 Å². The number of aromatic nitrogens is 1. The first-order chi connectivity index (χ1) is 6.36. The number of hydrogen-bond acceptors (Lipinski definition) is 2. The molecule has 0 saturated carbocycles. The van der Waals surface area contributed by atoms with Crippen molar-refractivity contribution in [2.75, 3.05) is 31.1 Å². The second-order valence-corrected chi connectivity index (χ2v) is 3.46. The van der Waals surface area contributed by atoms with Crippen molar-refractivity contribution < 1.29 is 4.57 Å². The third kappa shape index (κ3) is 1.98. The van der Waals surface area contributed by atoms with Crippen LogP contribution in [0.4, 0.5) is 5.69 Å². The highest BCUT2D eigenvalue weighted by Gasteiger charge is 2.11. The number of piperazine rings is 1. The second kappa shape index (κ2) is 3.75. The van der Waals surface area contributed by atoms with Crippen molar-refractivity contribution in [2.45, 2.75) is 0 Å². The Morgan fingerprint density at radius 1 is 1.38 bits per heavy atom. The fourth-order valence-electron chi connectivity index (χ4n) is 1.68. The fraction of sp³-hybridized carbons (Fsp3) is 0.500. The van der Waals surface area contributed by atoms with Gasteiger partial charge in [0.05, 0.1) is 0 Å². The number of nitrogens with zero attached hydrogens (tertiary/aromatic N) is 2. The van der Waals surface area contributed by atoms with E-state index in [2.05, 4.69) is 46.4 Å². The Hall–Kier alpha value is -1.09. The van der Waals surface area contributed by atoms with Crippen molar-refractivity contribution in [1.29, 1.82) is 0 Å². The predicted molar refractivity (Wildman–Crippen MR) is 52.7 cm³/mol. The molecule has 1 saturated heterocycles. The van der Waals surface area contributed by atoms with E-state index in [1.165, 1.54) is 5.69 Å². The van der Waals surface area contributed by atoms with E-state index in [1.807, 2.05) is 0 Å². The van der Waals surface area contributed by atoms with Gasteiger partial charge < -0.3 is 10.2 Å². The van der Waals surface area contributed by atoms with E-state index < -0.39 is 0 Å². The molecule has 3 heteroatoms. The smallest absolute Gasteiger partial charge is 0.192 e. The topological polar surface area (TPSA) is 19.1 Å². The number of rotatable bonds is 1. The maximum absolute atomic E-state index is 3.35. The van der Waals surface area contributed by atoms with Crippen molar-refractivity contribution in [3.63, 3.8) is 0 Å². The van der Waals surface area contributed by atoms with E-state index in [0.29, 0.717) is 0 Å². The molecule has 1 fully saturated rings. The second-order valence-electron chi connectivity index (χ2n) is 3.46. The maximum Gasteiger partial charge on any atom is 0.192 e. The van der Waals surface area contributed by atoms with E-state index in [-0.39, 0.29) is 0 Å². The zero-order chi connectivity index (χ0) is 9.10. The largest absolute Gasteiger partial charge is 0.364 e. The van der Waals surface area contributed by atoms with Crippen molar-refractivity contribution >= 4 is 5.69 Å². The van der Waals surface area contributed by atoms with E-state index in [0.717, 1.165) is 26.2 Å². The monoisotopic (exact) mass is 178 g/mol. The summed E-state index contributed by atoms with van der Waals surface area (Å²) in [6.07, 6.45) is 4.23. The molecule has 13 heavy (non-hydrogen) atoms. The zero-order valence-corrected chi connectivity index (χ0v) is 8.03. The normalized spacial score (nSPS) is 17.5. The lowest BCUT2D eigenvalue weighted by atomic mass is 10.3. The van der Waals surface area contributed by atoms with Crippen molar-refractivity contribution in [3.05, 3.63) is 24.5 Å². The molecule has 0 atom stereocenters. The molecule has 1 aromatic heterocycles. The van der Waals surface area contributed by atoms with Crippen LogP contribution in [0.2, 0.25) is 0 Å². The number of nitrogens with one attached hydrogen (secondary N) is 1. The Balaban J connectivity index is 2.14. The highest BCUT2D eigenvalue weighted by atomic mass is 15.2. The van der Waals surface area contributed by atoms with Crippen molar-refractivity contribution in [2.24, 2.45) is 7.05 Å². The molecule has 1 N–H and O–H groups in total. The first-order valence-electron chi connectivity index (χ1n) is 4.77. The average Bonchev–Trinajstić information content (AvgIpc) is 2.19. The van der Waals surface area contributed by atoms with Gasteiger partial charge in [-0.1, -0.05) is 0 Å². The molecule has 1 aliphatic rings. The molecule has 1 aliphatic heterocycles. The average molecular weight is 178 g/mol. The van der Waals surface area contributed by atoms with Crippen LogP contribution in [0.15, 0.2) is 24.5 Å². The third-order valence-corrected chi connectivity index (χ3v) is 2.41. The van der Waals surface area contributed by atoms with Gasteiger partial charge in [0.1, 0.15) is 12.7 Å². The first-order valence-corrected chi connectivity index (χ1v) is 4.77. The molecule has 2 heterocycles. The SMILES string of the molecule is C[n+]1cccc(N2CCNCC2)c1. The Morgan fingerprint density at radius 3 is 2.85 bits per heavy atom. The van der Waals surface area contributed by atoms with E-state index in [1.54, 1.807) is 0 Å². The predicted octanol–water partition coefficient (Wildman–Crippen LogP) is -0.0793. The molecule has 0 spiro atoms. The van der Waals surface area contributed by atoms with Gasteiger partial charge in [-0.25, -0.2) is 4.57 Å². The number of aryl methyl sites for hydroxylation is 1. The highest BCUT2D eigenvalue weighted by Crippen LogP contribution is 2.10. The van der Waals surface area contributed by atoms with Crippen molar-refractivity contribution in [3.8, 4) is 0 Å². The van der Waals surface area contributed by atoms with Gasteiger partial charge in [-0.15, -0.1) is 0 Å². The molecule has 0 aliphatic carbocycles. The lowest BCUT2D eigenvalue weighted by Gasteiger charge is -2.28. The summed E-state index contributed by atoms with van der Waals surface area (Å²) < 4.78 is 2.09. The van der Waals surface area contributed by atoms with Gasteiger partial charge in [0, 0.05) is 32.2 Å². The molecule has 0 amide bonds. The van der Waals surface area contributed by atoms with Crippen LogP contribution in [-0.4, -0.2) is 26.2 Å². The van der Waals surface area contributed by atoms with Gasteiger partial charge in [0.2, 0.25) is 0 Å². The van der Waals surface area contributed by atoms with Gasteiger partial charge in [-0.05, 0) is 6.07 Å². The van der Waals surface area contributed by atoms with Gasteiger partial charge >= 0.3 is 0 Å². The molecule has 0 aromatic carbocycles. The molecule has 2 rings (SSSR count). The lowest BCUT2D eigenvalue weighted by Crippen LogP contribution is -2.44. The minimum Gasteiger partial charge on any atom is -0.364 e.